The van der Waals surface area contributed by atoms with Crippen LogP contribution in [-0.4, -0.2) is 9.97 Å². The van der Waals surface area contributed by atoms with Crippen LogP contribution in [0.1, 0.15) is 17.1 Å². The van der Waals surface area contributed by atoms with E-state index in [0.717, 1.165) is 28.2 Å². The summed E-state index contributed by atoms with van der Waals surface area (Å²) < 4.78 is 1.09. The normalized spacial score (nSPS) is 10.4. The highest BCUT2D eigenvalue weighted by molar-refractivity contribution is 9.10. The summed E-state index contributed by atoms with van der Waals surface area (Å²) in [5.74, 6) is 0.947. The Morgan fingerprint density at radius 3 is 2.75 bits per heavy atom. The molecule has 2 rings (SSSR count). The Balaban J connectivity index is 2.04. The molecule has 0 saturated heterocycles. The van der Waals surface area contributed by atoms with Gasteiger partial charge in [0.25, 0.3) is 0 Å². The van der Waals surface area contributed by atoms with Gasteiger partial charge in [0.05, 0.1) is 18.4 Å². The molecule has 0 unspecified atom stereocenters. The maximum Gasteiger partial charge on any atom is 0.103 e. The van der Waals surface area contributed by atoms with Crippen LogP contribution in [0.25, 0.3) is 0 Å². The monoisotopic (exact) mass is 279 g/mol. The highest BCUT2D eigenvalue weighted by atomic mass is 79.9. The second-order valence-corrected chi connectivity index (χ2v) is 4.78. The predicted octanol–water partition coefficient (Wildman–Crippen LogP) is 3.40. The zero-order valence-corrected chi connectivity index (χ0v) is 10.9. The third-order valence-corrected chi connectivity index (χ3v) is 2.74. The third-order valence-electron chi connectivity index (χ3n) is 2.28. The number of hydrogen-bond acceptors (Lipinski definition) is 2. The summed E-state index contributed by atoms with van der Waals surface area (Å²) in [6.07, 6.45) is 1.85. The van der Waals surface area contributed by atoms with Gasteiger partial charge in [-0.25, -0.2) is 4.98 Å². The number of H-pyrrole nitrogens is 1. The molecule has 1 aromatic carbocycles. The second-order valence-electron chi connectivity index (χ2n) is 3.86. The highest BCUT2D eigenvalue weighted by Gasteiger charge is 1.99. The van der Waals surface area contributed by atoms with Crippen molar-refractivity contribution in [3.05, 3.63) is 46.0 Å². The van der Waals surface area contributed by atoms with E-state index in [9.17, 15) is 0 Å². The lowest BCUT2D eigenvalue weighted by Crippen LogP contribution is -2.00. The number of nitrogens with one attached hydrogen (secondary N) is 2. The summed E-state index contributed by atoms with van der Waals surface area (Å²) in [7, 11) is 0. The summed E-state index contributed by atoms with van der Waals surface area (Å²) in [5, 5.41) is 3.35. The van der Waals surface area contributed by atoms with E-state index in [1.165, 1.54) is 5.56 Å². The molecule has 0 aliphatic heterocycles. The molecule has 84 valence electrons. The van der Waals surface area contributed by atoms with Gasteiger partial charge in [-0.1, -0.05) is 15.9 Å². The van der Waals surface area contributed by atoms with Crippen LogP contribution in [0.5, 0.6) is 0 Å². The van der Waals surface area contributed by atoms with Gasteiger partial charge in [-0.2, -0.15) is 0 Å². The van der Waals surface area contributed by atoms with Crippen molar-refractivity contribution in [2.24, 2.45) is 0 Å². The number of halogens is 1. The fraction of sp³-hybridized carbons (Fsp3) is 0.250. The van der Waals surface area contributed by atoms with E-state index in [1.54, 1.807) is 0 Å². The zero-order chi connectivity index (χ0) is 11.5. The van der Waals surface area contributed by atoms with Gasteiger partial charge in [0.1, 0.15) is 5.82 Å². The van der Waals surface area contributed by atoms with Gasteiger partial charge in [0.15, 0.2) is 0 Å². The van der Waals surface area contributed by atoms with Crippen molar-refractivity contribution in [3.8, 4) is 0 Å². The number of anilines is 1. The highest BCUT2D eigenvalue weighted by Crippen LogP contribution is 2.19. The predicted molar refractivity (Wildman–Crippen MR) is 69.5 cm³/mol. The maximum absolute atomic E-state index is 4.16. The topological polar surface area (TPSA) is 40.7 Å². The summed E-state index contributed by atoms with van der Waals surface area (Å²) in [6, 6.07) is 6.27. The first-order chi connectivity index (χ1) is 7.63. The van der Waals surface area contributed by atoms with Crippen LogP contribution in [0.3, 0.4) is 0 Å². The second kappa shape index (κ2) is 4.70. The first kappa shape index (κ1) is 11.2. The largest absolute Gasteiger partial charge is 0.379 e. The maximum atomic E-state index is 4.16. The molecule has 0 spiro atoms. The number of aromatic nitrogens is 2. The summed E-state index contributed by atoms with van der Waals surface area (Å²) in [6.45, 7) is 4.79. The van der Waals surface area contributed by atoms with Gasteiger partial charge in [-0.15, -0.1) is 0 Å². The zero-order valence-electron chi connectivity index (χ0n) is 9.34. The number of imidazole rings is 1. The van der Waals surface area contributed by atoms with E-state index < -0.39 is 0 Å². The van der Waals surface area contributed by atoms with E-state index in [4.69, 9.17) is 0 Å². The Bertz CT molecular complexity index is 471. The number of nitrogens with zero attached hydrogens (tertiary/aromatic N) is 1. The number of aryl methyl sites for hydroxylation is 2. The molecule has 2 aromatic rings. The fourth-order valence-corrected chi connectivity index (χ4v) is 2.20. The Kier molecular flexibility index (Phi) is 3.29. The molecular weight excluding hydrogens is 266 g/mol. The van der Waals surface area contributed by atoms with Crippen LogP contribution in [0, 0.1) is 13.8 Å². The van der Waals surface area contributed by atoms with Crippen LogP contribution < -0.4 is 5.32 Å². The fourth-order valence-electron chi connectivity index (χ4n) is 1.60. The first-order valence-electron chi connectivity index (χ1n) is 5.15. The van der Waals surface area contributed by atoms with E-state index in [0.29, 0.717) is 0 Å². The number of aromatic amines is 1. The molecule has 0 amide bonds. The Morgan fingerprint density at radius 1 is 1.31 bits per heavy atom. The van der Waals surface area contributed by atoms with Crippen molar-refractivity contribution < 1.29 is 0 Å². The van der Waals surface area contributed by atoms with Crippen LogP contribution in [0.4, 0.5) is 5.69 Å². The van der Waals surface area contributed by atoms with E-state index in [1.807, 2.05) is 13.1 Å². The van der Waals surface area contributed by atoms with Gasteiger partial charge in [0, 0.05) is 10.2 Å². The average molecular weight is 280 g/mol. The van der Waals surface area contributed by atoms with Crippen molar-refractivity contribution in [2.45, 2.75) is 20.4 Å². The minimum atomic E-state index is 0.761. The molecule has 4 heteroatoms. The molecule has 0 aliphatic rings. The molecule has 0 bridgehead atoms. The molecule has 0 aliphatic carbocycles. The molecule has 16 heavy (non-hydrogen) atoms. The summed E-state index contributed by atoms with van der Waals surface area (Å²) in [5.41, 5.74) is 3.44. The summed E-state index contributed by atoms with van der Waals surface area (Å²) in [4.78, 5) is 7.35. The number of benzene rings is 1. The van der Waals surface area contributed by atoms with Gasteiger partial charge in [-0.05, 0) is 37.6 Å². The minimum Gasteiger partial charge on any atom is -0.379 e. The molecule has 0 fully saturated rings. The van der Waals surface area contributed by atoms with Crippen molar-refractivity contribution in [1.29, 1.82) is 0 Å². The van der Waals surface area contributed by atoms with Crippen molar-refractivity contribution in [1.82, 2.24) is 9.97 Å². The van der Waals surface area contributed by atoms with Crippen molar-refractivity contribution in [3.63, 3.8) is 0 Å². The first-order valence-corrected chi connectivity index (χ1v) is 5.94. The van der Waals surface area contributed by atoms with Crippen molar-refractivity contribution >= 4 is 21.6 Å². The molecule has 2 N–H and O–H groups in total. The quantitative estimate of drug-likeness (QED) is 0.904. The SMILES string of the molecule is Cc1cc(Br)cc(NCc2cnc(C)[nH]2)c1. The van der Waals surface area contributed by atoms with Crippen LogP contribution in [0.15, 0.2) is 28.9 Å². The minimum absolute atomic E-state index is 0.761. The van der Waals surface area contributed by atoms with Crippen LogP contribution in [-0.2, 0) is 6.54 Å². The molecule has 1 heterocycles. The molecule has 1 aromatic heterocycles. The number of rotatable bonds is 3. The smallest absolute Gasteiger partial charge is 0.103 e. The number of hydrogen-bond donors (Lipinski definition) is 2. The lowest BCUT2D eigenvalue weighted by atomic mass is 10.2. The Morgan fingerprint density at radius 2 is 2.12 bits per heavy atom. The van der Waals surface area contributed by atoms with Gasteiger partial charge >= 0.3 is 0 Å². The van der Waals surface area contributed by atoms with Crippen LogP contribution >= 0.6 is 15.9 Å². The lowest BCUT2D eigenvalue weighted by Gasteiger charge is -2.06. The van der Waals surface area contributed by atoms with Gasteiger partial charge in [0.2, 0.25) is 0 Å². The molecule has 3 nitrogen and oxygen atoms in total. The van der Waals surface area contributed by atoms with Gasteiger partial charge < -0.3 is 10.3 Å². The van der Waals surface area contributed by atoms with Crippen molar-refractivity contribution in [2.75, 3.05) is 5.32 Å². The van der Waals surface area contributed by atoms with E-state index in [-0.39, 0.29) is 0 Å². The molecule has 0 atom stereocenters. The molecule has 0 radical (unpaired) electrons. The summed E-state index contributed by atoms with van der Waals surface area (Å²) >= 11 is 3.48. The molecular formula is C12H14BrN3. The Hall–Kier alpha value is -1.29. The van der Waals surface area contributed by atoms with E-state index >= 15 is 0 Å². The van der Waals surface area contributed by atoms with Crippen LogP contribution in [0.2, 0.25) is 0 Å². The van der Waals surface area contributed by atoms with E-state index in [2.05, 4.69) is 56.3 Å². The van der Waals surface area contributed by atoms with Gasteiger partial charge in [-0.3, -0.25) is 0 Å². The Labute approximate surface area is 103 Å². The lowest BCUT2D eigenvalue weighted by molar-refractivity contribution is 1.05. The average Bonchev–Trinajstić information content (AvgIpc) is 2.60. The molecule has 0 saturated carbocycles. The third kappa shape index (κ3) is 2.85. The standard InChI is InChI=1S/C12H14BrN3/c1-8-3-10(13)5-11(4-8)15-7-12-6-14-9(2)16-12/h3-6,15H,7H2,1-2H3,(H,14,16).